The SMILES string of the molecule is CCCCC(=O)[O-].C[N+]12CCCCC1C(O)CCC2.[Br-]. The fourth-order valence-electron chi connectivity index (χ4n) is 3.36. The van der Waals surface area contributed by atoms with Crippen molar-refractivity contribution in [2.45, 2.75) is 70.4 Å². The van der Waals surface area contributed by atoms with Gasteiger partial charge in [-0.15, -0.1) is 0 Å². The maximum absolute atomic E-state index is 9.85. The van der Waals surface area contributed by atoms with Crippen LogP contribution in [0, 0.1) is 0 Å². The molecule has 0 aliphatic carbocycles. The van der Waals surface area contributed by atoms with Crippen molar-refractivity contribution in [1.82, 2.24) is 0 Å². The molecule has 0 bridgehead atoms. The Morgan fingerprint density at radius 1 is 1.25 bits per heavy atom. The van der Waals surface area contributed by atoms with E-state index >= 15 is 0 Å². The normalized spacial score (nSPS) is 32.1. The maximum atomic E-state index is 9.85. The Bertz CT molecular complexity index is 284. The molecule has 5 heteroatoms. The van der Waals surface area contributed by atoms with Gasteiger partial charge in [0.2, 0.25) is 0 Å². The van der Waals surface area contributed by atoms with Gasteiger partial charge in [0.15, 0.2) is 0 Å². The van der Waals surface area contributed by atoms with Gasteiger partial charge in [0, 0.05) is 12.4 Å². The summed E-state index contributed by atoms with van der Waals surface area (Å²) in [5.41, 5.74) is 0. The van der Waals surface area contributed by atoms with Gasteiger partial charge in [-0.1, -0.05) is 13.3 Å². The van der Waals surface area contributed by atoms with Gasteiger partial charge >= 0.3 is 0 Å². The van der Waals surface area contributed by atoms with Crippen molar-refractivity contribution in [3.05, 3.63) is 0 Å². The molecule has 0 saturated carbocycles. The summed E-state index contributed by atoms with van der Waals surface area (Å²) in [6.45, 7) is 4.53. The molecule has 2 rings (SSSR count). The minimum absolute atomic E-state index is 0. The van der Waals surface area contributed by atoms with E-state index < -0.39 is 5.97 Å². The van der Waals surface area contributed by atoms with Crippen LogP contribution >= 0.6 is 0 Å². The fraction of sp³-hybridized carbons (Fsp3) is 0.933. The first kappa shape index (κ1) is 19.9. The van der Waals surface area contributed by atoms with E-state index in [1.54, 1.807) is 0 Å². The van der Waals surface area contributed by atoms with E-state index in [9.17, 15) is 15.0 Å². The standard InChI is InChI=1S/C10H20NO.C5H10O2.BrH/c1-11-7-3-2-5-9(11)10(12)6-4-8-11;1-2-3-4-5(6)7;/h9-10,12H,2-8H2,1H3;2-4H2,1H3,(H,6,7);1H/q+1;;/p-2. The molecule has 0 spiro atoms. The van der Waals surface area contributed by atoms with Crippen LogP contribution in [-0.2, 0) is 4.79 Å². The van der Waals surface area contributed by atoms with Gasteiger partial charge in [-0.3, -0.25) is 0 Å². The third-order valence-corrected chi connectivity index (χ3v) is 4.57. The van der Waals surface area contributed by atoms with Crippen LogP contribution in [0.4, 0.5) is 0 Å². The number of aliphatic carboxylic acids is 1. The zero-order chi connectivity index (χ0) is 14.3. The second-order valence-corrected chi connectivity index (χ2v) is 6.17. The molecule has 0 aromatic carbocycles. The Morgan fingerprint density at radius 2 is 1.90 bits per heavy atom. The number of carboxylic acid groups (broad SMARTS) is 1. The molecule has 0 aromatic heterocycles. The molecule has 4 nitrogen and oxygen atoms in total. The number of quaternary nitrogens is 1. The summed E-state index contributed by atoms with van der Waals surface area (Å²) in [4.78, 5) is 9.65. The Hall–Kier alpha value is -0.130. The first-order chi connectivity index (χ1) is 8.99. The predicted molar refractivity (Wildman–Crippen MR) is 73.3 cm³/mol. The second kappa shape index (κ2) is 9.74. The number of piperidine rings is 2. The van der Waals surface area contributed by atoms with E-state index in [2.05, 4.69) is 7.05 Å². The summed E-state index contributed by atoms with van der Waals surface area (Å²) in [6, 6.07) is 0.562. The van der Waals surface area contributed by atoms with Crippen molar-refractivity contribution in [2.75, 3.05) is 20.1 Å². The Kier molecular flexibility index (Phi) is 9.68. The molecule has 0 amide bonds. The second-order valence-electron chi connectivity index (χ2n) is 6.17. The van der Waals surface area contributed by atoms with Crippen molar-refractivity contribution in [2.24, 2.45) is 0 Å². The number of likely N-dealkylation sites (N-methyl/N-ethyl adjacent to an activating group) is 1. The topological polar surface area (TPSA) is 60.4 Å². The zero-order valence-corrected chi connectivity index (χ0v) is 14.4. The van der Waals surface area contributed by atoms with Crippen molar-refractivity contribution in [1.29, 1.82) is 0 Å². The Balaban J connectivity index is 0.000000396. The highest BCUT2D eigenvalue weighted by Crippen LogP contribution is 2.31. The van der Waals surface area contributed by atoms with Crippen molar-refractivity contribution in [3.8, 4) is 0 Å². The number of hydrogen-bond acceptors (Lipinski definition) is 3. The van der Waals surface area contributed by atoms with E-state index in [4.69, 9.17) is 0 Å². The van der Waals surface area contributed by atoms with E-state index in [1.807, 2.05) is 6.92 Å². The van der Waals surface area contributed by atoms with Gasteiger partial charge in [-0.25, -0.2) is 0 Å². The van der Waals surface area contributed by atoms with Crippen LogP contribution in [0.1, 0.15) is 58.3 Å². The first-order valence-electron chi connectivity index (χ1n) is 7.71. The third-order valence-electron chi connectivity index (χ3n) is 4.57. The minimum Gasteiger partial charge on any atom is -1.00 e. The summed E-state index contributed by atoms with van der Waals surface area (Å²) in [5.74, 6) is -0.943. The smallest absolute Gasteiger partial charge is 0.115 e. The van der Waals surface area contributed by atoms with Crippen LogP contribution in [0.25, 0.3) is 0 Å². The van der Waals surface area contributed by atoms with Gasteiger partial charge < -0.3 is 36.5 Å². The molecule has 2 aliphatic heterocycles. The number of aliphatic hydroxyl groups excluding tert-OH is 1. The number of hydrogen-bond donors (Lipinski definition) is 1. The van der Waals surface area contributed by atoms with Gasteiger partial charge in [0.1, 0.15) is 12.1 Å². The quantitative estimate of drug-likeness (QED) is 0.603. The number of carbonyl (C=O) groups is 1. The molecule has 3 unspecified atom stereocenters. The van der Waals surface area contributed by atoms with Crippen LogP contribution < -0.4 is 22.1 Å². The van der Waals surface area contributed by atoms with Crippen LogP contribution in [0.5, 0.6) is 0 Å². The van der Waals surface area contributed by atoms with E-state index in [0.717, 1.165) is 23.7 Å². The van der Waals surface area contributed by atoms with Crippen LogP contribution in [0.3, 0.4) is 0 Å². The fourth-order valence-corrected chi connectivity index (χ4v) is 3.36. The lowest BCUT2D eigenvalue weighted by molar-refractivity contribution is -0.946. The summed E-state index contributed by atoms with van der Waals surface area (Å²) in [7, 11) is 2.33. The molecule has 120 valence electrons. The highest BCUT2D eigenvalue weighted by molar-refractivity contribution is 5.63. The summed E-state index contributed by atoms with van der Waals surface area (Å²) >= 11 is 0. The Labute approximate surface area is 133 Å². The summed E-state index contributed by atoms with van der Waals surface area (Å²) < 4.78 is 1.15. The van der Waals surface area contributed by atoms with E-state index in [1.165, 1.54) is 38.8 Å². The molecule has 1 N–H and O–H groups in total. The van der Waals surface area contributed by atoms with Crippen LogP contribution in [0.2, 0.25) is 0 Å². The minimum atomic E-state index is -0.943. The highest BCUT2D eigenvalue weighted by Gasteiger charge is 2.42. The van der Waals surface area contributed by atoms with Crippen molar-refractivity contribution in [3.63, 3.8) is 0 Å². The molecule has 2 saturated heterocycles. The average Bonchev–Trinajstić information content (AvgIpc) is 2.37. The molecule has 20 heavy (non-hydrogen) atoms. The molecule has 3 atom stereocenters. The van der Waals surface area contributed by atoms with Crippen LogP contribution in [-0.4, -0.2) is 47.8 Å². The molecular weight excluding hydrogens is 322 g/mol. The van der Waals surface area contributed by atoms with Gasteiger partial charge in [-0.2, -0.15) is 0 Å². The van der Waals surface area contributed by atoms with E-state index in [0.29, 0.717) is 6.04 Å². The predicted octanol–water partition coefficient (Wildman–Crippen LogP) is -1.93. The highest BCUT2D eigenvalue weighted by atomic mass is 79.9. The number of unbranched alkanes of at least 4 members (excludes halogenated alkanes) is 1. The van der Waals surface area contributed by atoms with Crippen molar-refractivity contribution >= 4 is 5.97 Å². The maximum Gasteiger partial charge on any atom is 0.115 e. The number of carbonyl (C=O) groups excluding carboxylic acids is 1. The molecule has 0 radical (unpaired) electrons. The number of nitrogens with zero attached hydrogens (tertiary/aromatic N) is 1. The largest absolute Gasteiger partial charge is 1.00 e. The number of rotatable bonds is 3. The van der Waals surface area contributed by atoms with Gasteiger partial charge in [0.25, 0.3) is 0 Å². The number of aliphatic hydroxyl groups is 1. The lowest BCUT2D eigenvalue weighted by atomic mass is 9.88. The monoisotopic (exact) mass is 350 g/mol. The number of fused-ring (bicyclic) bond motifs is 1. The molecule has 0 aromatic rings. The van der Waals surface area contributed by atoms with Crippen molar-refractivity contribution < 1.29 is 36.5 Å². The lowest BCUT2D eigenvalue weighted by Gasteiger charge is -2.49. The first-order valence-corrected chi connectivity index (χ1v) is 7.71. The third kappa shape index (κ3) is 6.10. The Morgan fingerprint density at radius 3 is 2.40 bits per heavy atom. The molecule has 2 aliphatic rings. The van der Waals surface area contributed by atoms with E-state index in [-0.39, 0.29) is 29.5 Å². The molecular formula is C15H29BrNO3-. The molecule has 2 heterocycles. The lowest BCUT2D eigenvalue weighted by Crippen LogP contribution is -3.00. The summed E-state index contributed by atoms with van der Waals surface area (Å²) in [5, 5.41) is 19.5. The average molecular weight is 351 g/mol. The zero-order valence-electron chi connectivity index (χ0n) is 12.8. The number of halogens is 1. The van der Waals surface area contributed by atoms with Gasteiger partial charge in [0.05, 0.1) is 20.1 Å². The molecule has 2 fully saturated rings. The van der Waals surface area contributed by atoms with Gasteiger partial charge in [-0.05, 0) is 38.5 Å². The summed E-state index contributed by atoms with van der Waals surface area (Å²) in [6.07, 6.45) is 8.05. The number of carboxylic acids is 1. The van der Waals surface area contributed by atoms with Crippen LogP contribution in [0.15, 0.2) is 0 Å².